The molecule has 2 N–H and O–H groups in total. The number of nitrogens with zero attached hydrogens (tertiary/aromatic N) is 2. The van der Waals surface area contributed by atoms with Crippen LogP contribution >= 0.6 is 0 Å². The number of carbonyl (C=O) groups is 2. The lowest BCUT2D eigenvalue weighted by molar-refractivity contribution is -0.254. The Morgan fingerprint density at radius 3 is 2.48 bits per heavy atom. The molecule has 4 aliphatic rings. The Labute approximate surface area is 388 Å². The maximum atomic E-state index is 15.3. The number of hydrogen-bond donors (Lipinski definition) is 2. The minimum atomic E-state index is -1.41. The standard InChI is InChI=1S/C54H64N2O10/c1-4-25-56(53(60)39-20-19-36-14-6-7-15-37(36)30-39)49-34-46(55-66-50-18-10-13-29-62-50)44-32-38(16-8-11-26-57)43(17-9-12-27-58)51-45-33-42(64-41-21-23-47(61-3)40(31-41)35-59)22-24-48(45)65-54(49,52(44)51)63-28-5-2/h5-7,14-15,19-24,30-33,35,38,43,49-52,57-58H,2,4,8-13,16-18,25-29,34H2,1,3H3/t38-,43+,49-,50?,51+,52+,54+/m0/s1. The smallest absolute Gasteiger partial charge is 0.254 e. The van der Waals surface area contributed by atoms with E-state index < -0.39 is 24.0 Å². The highest BCUT2D eigenvalue weighted by Gasteiger charge is 2.65. The van der Waals surface area contributed by atoms with E-state index in [-0.39, 0.29) is 49.9 Å². The number of unbranched alkanes of at least 4 members (excludes halogenated alkanes) is 2. The zero-order chi connectivity index (χ0) is 46.0. The van der Waals surface area contributed by atoms with E-state index in [4.69, 9.17) is 33.7 Å². The molecule has 350 valence electrons. The van der Waals surface area contributed by atoms with Gasteiger partial charge in [-0.1, -0.05) is 67.4 Å². The Balaban J connectivity index is 1.33. The molecule has 7 atom stereocenters. The van der Waals surface area contributed by atoms with Gasteiger partial charge in [0.1, 0.15) is 29.0 Å². The second kappa shape index (κ2) is 21.8. The van der Waals surface area contributed by atoms with Crippen LogP contribution in [0.3, 0.4) is 0 Å². The number of oxime groups is 1. The first-order chi connectivity index (χ1) is 32.4. The molecule has 12 nitrogen and oxygen atoms in total. The minimum Gasteiger partial charge on any atom is -0.496 e. The lowest BCUT2D eigenvalue weighted by Gasteiger charge is -2.60. The number of aldehydes is 1. The van der Waals surface area contributed by atoms with Crippen molar-refractivity contribution < 1.29 is 48.3 Å². The summed E-state index contributed by atoms with van der Waals surface area (Å²) in [5.41, 5.74) is 3.52. The number of aliphatic hydroxyl groups is 2. The third-order valence-electron chi connectivity index (χ3n) is 13.7. The molecule has 0 spiro atoms. The van der Waals surface area contributed by atoms with E-state index in [1.54, 1.807) is 24.3 Å². The fourth-order valence-electron chi connectivity index (χ4n) is 10.8. The Morgan fingerprint density at radius 2 is 1.74 bits per heavy atom. The van der Waals surface area contributed by atoms with Crippen molar-refractivity contribution in [3.05, 3.63) is 120 Å². The van der Waals surface area contributed by atoms with Crippen LogP contribution in [-0.2, 0) is 14.3 Å². The molecular weight excluding hydrogens is 837 g/mol. The van der Waals surface area contributed by atoms with Crippen LogP contribution in [0.1, 0.15) is 110 Å². The van der Waals surface area contributed by atoms with Crippen molar-refractivity contribution in [1.82, 2.24) is 4.90 Å². The normalized spacial score (nSPS) is 24.9. The van der Waals surface area contributed by atoms with Gasteiger partial charge in [-0.15, -0.1) is 6.58 Å². The molecular formula is C54H64N2O10. The number of hydrogen-bond acceptors (Lipinski definition) is 11. The third kappa shape index (κ3) is 9.79. The molecule has 2 fully saturated rings. The Kier molecular flexibility index (Phi) is 15.6. The van der Waals surface area contributed by atoms with Gasteiger partial charge in [0.25, 0.3) is 5.91 Å². The number of carbonyl (C=O) groups excluding carboxylic acids is 2. The monoisotopic (exact) mass is 900 g/mol. The van der Waals surface area contributed by atoms with Gasteiger partial charge in [0.2, 0.25) is 12.1 Å². The van der Waals surface area contributed by atoms with E-state index in [1.807, 2.05) is 65.6 Å². The van der Waals surface area contributed by atoms with Gasteiger partial charge in [0.15, 0.2) is 6.29 Å². The molecule has 0 radical (unpaired) electrons. The number of benzene rings is 4. The van der Waals surface area contributed by atoms with Crippen LogP contribution in [0.25, 0.3) is 10.8 Å². The number of aliphatic hydroxyl groups excluding tert-OH is 2. The minimum absolute atomic E-state index is 0.0228. The van der Waals surface area contributed by atoms with Crippen molar-refractivity contribution in [2.45, 2.75) is 102 Å². The zero-order valence-corrected chi connectivity index (χ0v) is 38.3. The number of methoxy groups -OCH3 is 1. The van der Waals surface area contributed by atoms with E-state index in [0.717, 1.165) is 78.9 Å². The second-order valence-corrected chi connectivity index (χ2v) is 17.9. The molecule has 4 aromatic carbocycles. The van der Waals surface area contributed by atoms with E-state index >= 15 is 4.79 Å². The van der Waals surface area contributed by atoms with E-state index in [9.17, 15) is 15.0 Å². The molecule has 1 saturated carbocycles. The molecule has 0 bridgehead atoms. The van der Waals surface area contributed by atoms with E-state index in [2.05, 4.69) is 19.6 Å². The molecule has 66 heavy (non-hydrogen) atoms. The molecule has 1 unspecified atom stereocenters. The number of fused-ring (bicyclic) bond motifs is 3. The second-order valence-electron chi connectivity index (χ2n) is 17.9. The number of amides is 1. The van der Waals surface area contributed by atoms with Crippen LogP contribution < -0.4 is 14.2 Å². The fourth-order valence-corrected chi connectivity index (χ4v) is 10.8. The summed E-state index contributed by atoms with van der Waals surface area (Å²) in [6, 6.07) is 24.2. The van der Waals surface area contributed by atoms with Crippen molar-refractivity contribution >= 4 is 28.7 Å². The van der Waals surface area contributed by atoms with Gasteiger partial charge in [-0.25, -0.2) is 0 Å². The summed E-state index contributed by atoms with van der Waals surface area (Å²) in [6.07, 6.45) is 12.4. The van der Waals surface area contributed by atoms with Crippen LogP contribution in [0, 0.1) is 17.8 Å². The van der Waals surface area contributed by atoms with Gasteiger partial charge >= 0.3 is 0 Å². The fraction of sp³-hybridized carbons (Fsp3) is 0.463. The van der Waals surface area contributed by atoms with Crippen molar-refractivity contribution in [2.24, 2.45) is 22.9 Å². The molecule has 2 aliphatic carbocycles. The quantitative estimate of drug-likeness (QED) is 0.0359. The topological polar surface area (TPSA) is 146 Å². The Bertz CT molecular complexity index is 2390. The highest BCUT2D eigenvalue weighted by Crippen LogP contribution is 2.62. The van der Waals surface area contributed by atoms with Crippen molar-refractivity contribution in [2.75, 3.05) is 40.1 Å². The lowest BCUT2D eigenvalue weighted by atomic mass is 9.55. The summed E-state index contributed by atoms with van der Waals surface area (Å²) < 4.78 is 32.6. The van der Waals surface area contributed by atoms with Crippen molar-refractivity contribution in [1.29, 1.82) is 0 Å². The average Bonchev–Trinajstić information content (AvgIpc) is 3.35. The molecule has 8 rings (SSSR count). The van der Waals surface area contributed by atoms with Crippen molar-refractivity contribution in [3.8, 4) is 23.0 Å². The van der Waals surface area contributed by atoms with Crippen LogP contribution in [0.4, 0.5) is 0 Å². The first-order valence-corrected chi connectivity index (χ1v) is 23.8. The molecule has 1 saturated heterocycles. The highest BCUT2D eigenvalue weighted by molar-refractivity contribution is 6.04. The van der Waals surface area contributed by atoms with Crippen LogP contribution in [0.2, 0.25) is 0 Å². The molecule has 1 amide bonds. The maximum absolute atomic E-state index is 15.3. The SMILES string of the molecule is C=CCO[C@@]12Oc3ccc(Oc4ccc(OC)c(C=O)c4)cc3[C@H]3[C@H](CCCCO)[C@@H](CCCCO)C=C(C(=NOC4CCCCO4)C[C@@H]1N(CCC)C(=O)c1ccc4ccccc4c1)[C@H]32. The van der Waals surface area contributed by atoms with Gasteiger partial charge in [-0.05, 0) is 122 Å². The van der Waals surface area contributed by atoms with Crippen LogP contribution in [-0.4, -0.2) is 91.2 Å². The third-order valence-corrected chi connectivity index (χ3v) is 13.7. The molecule has 2 heterocycles. The molecule has 4 aromatic rings. The van der Waals surface area contributed by atoms with Gasteiger partial charge < -0.3 is 43.6 Å². The van der Waals surface area contributed by atoms with Gasteiger partial charge in [-0.2, -0.15) is 0 Å². The predicted octanol–water partition coefficient (Wildman–Crippen LogP) is 10.2. The highest BCUT2D eigenvalue weighted by atomic mass is 16.8. The summed E-state index contributed by atoms with van der Waals surface area (Å²) in [5.74, 6) is -0.131. The summed E-state index contributed by atoms with van der Waals surface area (Å²) in [4.78, 5) is 35.6. The predicted molar refractivity (Wildman–Crippen MR) is 253 cm³/mol. The lowest BCUT2D eigenvalue weighted by Crippen LogP contribution is -2.70. The summed E-state index contributed by atoms with van der Waals surface area (Å²) >= 11 is 0. The number of allylic oxidation sites excluding steroid dienone is 1. The molecule has 0 aromatic heterocycles. The van der Waals surface area contributed by atoms with E-state index in [0.29, 0.717) is 66.5 Å². The largest absolute Gasteiger partial charge is 0.496 e. The van der Waals surface area contributed by atoms with Gasteiger partial charge in [0.05, 0.1) is 37.5 Å². The summed E-state index contributed by atoms with van der Waals surface area (Å²) in [5, 5.41) is 27.1. The van der Waals surface area contributed by atoms with Crippen molar-refractivity contribution in [3.63, 3.8) is 0 Å². The maximum Gasteiger partial charge on any atom is 0.254 e. The Hall–Kier alpha value is -5.53. The van der Waals surface area contributed by atoms with Crippen LogP contribution in [0.5, 0.6) is 23.0 Å². The summed E-state index contributed by atoms with van der Waals surface area (Å²) in [7, 11) is 1.52. The van der Waals surface area contributed by atoms with Gasteiger partial charge in [-0.3, -0.25) is 9.59 Å². The first-order valence-electron chi connectivity index (χ1n) is 23.8. The molecule has 2 aliphatic heterocycles. The average molecular weight is 901 g/mol. The van der Waals surface area contributed by atoms with Crippen LogP contribution in [0.15, 0.2) is 108 Å². The number of rotatable bonds is 21. The Morgan fingerprint density at radius 1 is 0.955 bits per heavy atom. The zero-order valence-electron chi connectivity index (χ0n) is 38.3. The molecule has 12 heteroatoms. The number of ether oxygens (including phenoxy) is 5. The van der Waals surface area contributed by atoms with E-state index in [1.165, 1.54) is 7.11 Å². The first kappa shape index (κ1) is 47.0. The van der Waals surface area contributed by atoms with Gasteiger partial charge in [0, 0.05) is 49.6 Å². The summed E-state index contributed by atoms with van der Waals surface area (Å²) in [6.45, 7) is 7.49.